The molecule has 3 aromatic rings. The van der Waals surface area contributed by atoms with E-state index in [1.54, 1.807) is 21.3 Å². The molecule has 0 aromatic heterocycles. The van der Waals surface area contributed by atoms with Gasteiger partial charge in [0, 0.05) is 11.4 Å². The highest BCUT2D eigenvalue weighted by molar-refractivity contribution is 8.04. The number of anilines is 1. The Bertz CT molecular complexity index is 1270. The summed E-state index contributed by atoms with van der Waals surface area (Å²) in [7, 11) is 4.79. The van der Waals surface area contributed by atoms with Crippen LogP contribution in [0.3, 0.4) is 0 Å². The van der Waals surface area contributed by atoms with Crippen molar-refractivity contribution in [2.75, 3.05) is 39.3 Å². The van der Waals surface area contributed by atoms with E-state index in [4.69, 9.17) is 14.2 Å². The summed E-state index contributed by atoms with van der Waals surface area (Å²) >= 11 is 1.41. The second kappa shape index (κ2) is 11.7. The number of nitrogens with one attached hydrogen (secondary N) is 1. The van der Waals surface area contributed by atoms with Crippen molar-refractivity contribution in [2.24, 2.45) is 0 Å². The zero-order valence-electron chi connectivity index (χ0n) is 20.4. The van der Waals surface area contributed by atoms with Crippen LogP contribution in [0.1, 0.15) is 11.1 Å². The van der Waals surface area contributed by atoms with E-state index in [2.05, 4.69) is 5.32 Å². The normalized spacial score (nSPS) is 13.8. The molecule has 1 aliphatic rings. The molecule has 36 heavy (non-hydrogen) atoms. The van der Waals surface area contributed by atoms with E-state index in [-0.39, 0.29) is 18.4 Å². The van der Waals surface area contributed by atoms with Crippen LogP contribution in [0, 0.1) is 0 Å². The van der Waals surface area contributed by atoms with Crippen molar-refractivity contribution in [3.8, 4) is 17.2 Å². The molecule has 0 fully saturated rings. The molecular weight excluding hydrogens is 476 g/mol. The number of carbonyl (C=O) groups excluding carboxylic acids is 2. The average molecular weight is 505 g/mol. The number of fused-ring (bicyclic) bond motifs is 1. The number of hydrogen-bond acceptors (Lipinski definition) is 6. The Morgan fingerprint density at radius 3 is 2.42 bits per heavy atom. The van der Waals surface area contributed by atoms with E-state index in [1.165, 1.54) is 16.7 Å². The Hall–Kier alpha value is -3.91. The van der Waals surface area contributed by atoms with E-state index in [0.717, 1.165) is 27.5 Å². The van der Waals surface area contributed by atoms with Crippen LogP contribution in [0.25, 0.3) is 6.08 Å². The number of amides is 2. The summed E-state index contributed by atoms with van der Waals surface area (Å²) in [4.78, 5) is 29.2. The Balaban J connectivity index is 1.44. The highest BCUT2D eigenvalue weighted by Gasteiger charge is 2.30. The molecule has 0 saturated heterocycles. The molecule has 0 saturated carbocycles. The fourth-order valence-electron chi connectivity index (χ4n) is 3.85. The van der Waals surface area contributed by atoms with Gasteiger partial charge in [-0.05, 0) is 60.0 Å². The van der Waals surface area contributed by atoms with Crippen molar-refractivity contribution >= 4 is 35.3 Å². The molecule has 1 heterocycles. The summed E-state index contributed by atoms with van der Waals surface area (Å²) in [5.74, 6) is 1.62. The first-order chi connectivity index (χ1) is 17.5. The predicted molar refractivity (Wildman–Crippen MR) is 142 cm³/mol. The Morgan fingerprint density at radius 1 is 0.944 bits per heavy atom. The molecule has 0 radical (unpaired) electrons. The molecule has 2 amide bonds. The molecule has 0 atom stereocenters. The number of thioether (sulfide) groups is 1. The summed E-state index contributed by atoms with van der Waals surface area (Å²) < 4.78 is 15.8. The smallest absolute Gasteiger partial charge is 0.265 e. The molecule has 1 N–H and O–H groups in total. The molecule has 0 bridgehead atoms. The average Bonchev–Trinajstić information content (AvgIpc) is 2.91. The third-order valence-corrected chi connectivity index (χ3v) is 6.81. The lowest BCUT2D eigenvalue weighted by Crippen LogP contribution is -2.43. The fraction of sp³-hybridized carbons (Fsp3) is 0.214. The number of ether oxygens (including phenoxy) is 3. The van der Waals surface area contributed by atoms with Gasteiger partial charge in [0.15, 0.2) is 11.5 Å². The zero-order valence-corrected chi connectivity index (χ0v) is 21.3. The monoisotopic (exact) mass is 504 g/mol. The molecule has 7 nitrogen and oxygen atoms in total. The standard InChI is InChI=1S/C28H28N2O5S/c1-33-21-11-8-19(9-12-21)17-26-28(32)30(22-6-4-5-7-25(22)36-26)18-27(31)29-15-14-20-10-13-23(34-2)24(16-20)35-3/h4-13,16-17H,14-15,18H2,1-3H3,(H,29,31)/b26-17-. The number of para-hydroxylation sites is 1. The van der Waals surface area contributed by atoms with Gasteiger partial charge in [-0.2, -0.15) is 0 Å². The summed E-state index contributed by atoms with van der Waals surface area (Å²) in [5, 5.41) is 2.93. The minimum absolute atomic E-state index is 0.0672. The van der Waals surface area contributed by atoms with Gasteiger partial charge in [0.05, 0.1) is 31.9 Å². The van der Waals surface area contributed by atoms with Crippen molar-refractivity contribution in [1.29, 1.82) is 0 Å². The van der Waals surface area contributed by atoms with E-state index in [9.17, 15) is 9.59 Å². The third kappa shape index (κ3) is 5.83. The van der Waals surface area contributed by atoms with Crippen LogP contribution >= 0.6 is 11.8 Å². The Labute approximate surface area is 215 Å². The van der Waals surface area contributed by atoms with Gasteiger partial charge in [-0.3, -0.25) is 14.5 Å². The molecule has 4 rings (SSSR count). The van der Waals surface area contributed by atoms with Crippen molar-refractivity contribution in [3.63, 3.8) is 0 Å². The van der Waals surface area contributed by atoms with Gasteiger partial charge in [-0.1, -0.05) is 42.1 Å². The molecule has 8 heteroatoms. The van der Waals surface area contributed by atoms with Crippen LogP contribution in [0.15, 0.2) is 76.5 Å². The topological polar surface area (TPSA) is 77.1 Å². The zero-order chi connectivity index (χ0) is 25.5. The van der Waals surface area contributed by atoms with Gasteiger partial charge in [0.2, 0.25) is 5.91 Å². The molecular formula is C28H28N2O5S. The number of rotatable bonds is 9. The van der Waals surface area contributed by atoms with E-state index < -0.39 is 0 Å². The highest BCUT2D eigenvalue weighted by atomic mass is 32.2. The molecule has 1 aliphatic heterocycles. The minimum Gasteiger partial charge on any atom is -0.497 e. The van der Waals surface area contributed by atoms with E-state index >= 15 is 0 Å². The second-order valence-corrected chi connectivity index (χ2v) is 9.12. The summed E-state index contributed by atoms with van der Waals surface area (Å²) in [6.45, 7) is 0.365. The first kappa shape index (κ1) is 25.2. The number of methoxy groups -OCH3 is 3. The van der Waals surface area contributed by atoms with Crippen LogP contribution in [0.2, 0.25) is 0 Å². The van der Waals surface area contributed by atoms with Gasteiger partial charge >= 0.3 is 0 Å². The van der Waals surface area contributed by atoms with Gasteiger partial charge in [-0.15, -0.1) is 0 Å². The quantitative estimate of drug-likeness (QED) is 0.431. The van der Waals surface area contributed by atoms with E-state index in [1.807, 2.05) is 72.8 Å². The maximum atomic E-state index is 13.4. The SMILES string of the molecule is COc1ccc(/C=C2\Sc3ccccc3N(CC(=O)NCCc3ccc(OC)c(OC)c3)C2=O)cc1. The first-order valence-electron chi connectivity index (χ1n) is 11.4. The molecule has 0 unspecified atom stereocenters. The van der Waals surface area contributed by atoms with Gasteiger partial charge in [0.1, 0.15) is 12.3 Å². The lowest BCUT2D eigenvalue weighted by atomic mass is 10.1. The second-order valence-electron chi connectivity index (χ2n) is 8.03. The van der Waals surface area contributed by atoms with Crippen molar-refractivity contribution in [2.45, 2.75) is 11.3 Å². The Kier molecular flexibility index (Phi) is 8.17. The Morgan fingerprint density at radius 2 is 1.69 bits per heavy atom. The predicted octanol–water partition coefficient (Wildman–Crippen LogP) is 4.55. The lowest BCUT2D eigenvalue weighted by molar-refractivity contribution is -0.122. The molecule has 0 aliphatic carbocycles. The van der Waals surface area contributed by atoms with Crippen LogP contribution in [-0.2, 0) is 16.0 Å². The van der Waals surface area contributed by atoms with Gasteiger partial charge in [-0.25, -0.2) is 0 Å². The molecule has 3 aromatic carbocycles. The van der Waals surface area contributed by atoms with Crippen LogP contribution in [0.5, 0.6) is 17.2 Å². The number of benzene rings is 3. The van der Waals surface area contributed by atoms with E-state index in [0.29, 0.717) is 29.4 Å². The molecule has 186 valence electrons. The largest absolute Gasteiger partial charge is 0.497 e. The highest BCUT2D eigenvalue weighted by Crippen LogP contribution is 2.42. The maximum absolute atomic E-state index is 13.4. The maximum Gasteiger partial charge on any atom is 0.265 e. The minimum atomic E-state index is -0.227. The number of hydrogen-bond donors (Lipinski definition) is 1. The first-order valence-corrected chi connectivity index (χ1v) is 12.3. The third-order valence-electron chi connectivity index (χ3n) is 5.73. The number of nitrogens with zero attached hydrogens (tertiary/aromatic N) is 1. The molecule has 0 spiro atoms. The van der Waals surface area contributed by atoms with Crippen LogP contribution < -0.4 is 24.4 Å². The lowest BCUT2D eigenvalue weighted by Gasteiger charge is -2.29. The fourth-order valence-corrected chi connectivity index (χ4v) is 4.91. The summed E-state index contributed by atoms with van der Waals surface area (Å²) in [6, 6.07) is 20.8. The van der Waals surface area contributed by atoms with Crippen LogP contribution in [0.4, 0.5) is 5.69 Å². The summed E-state index contributed by atoms with van der Waals surface area (Å²) in [6.07, 6.45) is 2.46. The van der Waals surface area contributed by atoms with Gasteiger partial charge in [0.25, 0.3) is 5.91 Å². The van der Waals surface area contributed by atoms with Crippen molar-refractivity contribution in [1.82, 2.24) is 5.32 Å². The van der Waals surface area contributed by atoms with Gasteiger partial charge < -0.3 is 19.5 Å². The van der Waals surface area contributed by atoms with Crippen molar-refractivity contribution < 1.29 is 23.8 Å². The van der Waals surface area contributed by atoms with Crippen molar-refractivity contribution in [3.05, 3.63) is 82.8 Å². The summed E-state index contributed by atoms with van der Waals surface area (Å²) in [5.41, 5.74) is 2.62. The number of carbonyl (C=O) groups is 2. The van der Waals surface area contributed by atoms with Crippen LogP contribution in [-0.4, -0.2) is 46.2 Å².